The molecule has 1 amide bonds. The summed E-state index contributed by atoms with van der Waals surface area (Å²) in [6.45, 7) is 2.94. The van der Waals surface area contributed by atoms with Crippen molar-refractivity contribution in [2.45, 2.75) is 0 Å². The van der Waals surface area contributed by atoms with Crippen LogP contribution in [-0.2, 0) is 4.74 Å². The van der Waals surface area contributed by atoms with E-state index in [9.17, 15) is 4.79 Å². The maximum Gasteiger partial charge on any atom is 0.256 e. The third-order valence-electron chi connectivity index (χ3n) is 3.17. The lowest BCUT2D eigenvalue weighted by molar-refractivity contribution is 0.102. The lowest BCUT2D eigenvalue weighted by Crippen LogP contribution is -2.36. The number of ether oxygens (including phenoxy) is 1. The number of nitrogens with zero attached hydrogens (tertiary/aromatic N) is 4. The molecule has 2 aromatic rings. The molecule has 1 aliphatic rings. The third-order valence-corrected chi connectivity index (χ3v) is 3.17. The van der Waals surface area contributed by atoms with Crippen molar-refractivity contribution in [2.24, 2.45) is 0 Å². The molecule has 0 aromatic carbocycles. The lowest BCUT2D eigenvalue weighted by atomic mass is 10.2. The molecule has 108 valence electrons. The number of nitrogens with one attached hydrogen (secondary N) is 1. The first-order chi connectivity index (χ1) is 10.3. The van der Waals surface area contributed by atoms with Crippen molar-refractivity contribution >= 4 is 17.5 Å². The molecule has 0 spiro atoms. The van der Waals surface area contributed by atoms with E-state index in [2.05, 4.69) is 25.2 Å². The lowest BCUT2D eigenvalue weighted by Gasteiger charge is -2.27. The fourth-order valence-electron chi connectivity index (χ4n) is 2.07. The number of amides is 1. The van der Waals surface area contributed by atoms with Gasteiger partial charge in [-0.15, -0.1) is 0 Å². The summed E-state index contributed by atoms with van der Waals surface area (Å²) in [7, 11) is 0. The number of rotatable bonds is 3. The Balaban J connectivity index is 1.72. The van der Waals surface area contributed by atoms with Crippen molar-refractivity contribution in [1.29, 1.82) is 0 Å². The standard InChI is InChI=1S/C14H15N5O2/c20-14(11-1-3-15-4-2-11)18-12-9-13(17-10-16-12)19-5-7-21-8-6-19/h1-4,9-10H,5-8H2,(H,16,17,18,20). The molecule has 0 atom stereocenters. The molecule has 2 aromatic heterocycles. The molecule has 21 heavy (non-hydrogen) atoms. The second-order valence-corrected chi connectivity index (χ2v) is 4.55. The molecule has 7 nitrogen and oxygen atoms in total. The first kappa shape index (κ1) is 13.4. The van der Waals surface area contributed by atoms with Crippen LogP contribution < -0.4 is 10.2 Å². The van der Waals surface area contributed by atoms with Crippen LogP contribution >= 0.6 is 0 Å². The maximum atomic E-state index is 12.1. The van der Waals surface area contributed by atoms with Crippen LogP contribution in [0.2, 0.25) is 0 Å². The van der Waals surface area contributed by atoms with Gasteiger partial charge in [0.1, 0.15) is 18.0 Å². The van der Waals surface area contributed by atoms with E-state index in [0.717, 1.165) is 18.9 Å². The average Bonchev–Trinajstić information content (AvgIpc) is 2.57. The molecule has 0 bridgehead atoms. The van der Waals surface area contributed by atoms with Crippen molar-refractivity contribution in [2.75, 3.05) is 36.5 Å². The SMILES string of the molecule is O=C(Nc1cc(N2CCOCC2)ncn1)c1ccncc1. The summed E-state index contributed by atoms with van der Waals surface area (Å²) in [6.07, 6.45) is 4.61. The first-order valence-corrected chi connectivity index (χ1v) is 6.69. The molecule has 1 N–H and O–H groups in total. The number of morpholine rings is 1. The summed E-state index contributed by atoms with van der Waals surface area (Å²) >= 11 is 0. The number of hydrogen-bond donors (Lipinski definition) is 1. The highest BCUT2D eigenvalue weighted by molar-refractivity contribution is 6.03. The van der Waals surface area contributed by atoms with Gasteiger partial charge >= 0.3 is 0 Å². The molecule has 1 aliphatic heterocycles. The van der Waals surface area contributed by atoms with Gasteiger partial charge in [-0.2, -0.15) is 0 Å². The topological polar surface area (TPSA) is 80.2 Å². The van der Waals surface area contributed by atoms with Crippen molar-refractivity contribution in [3.05, 3.63) is 42.5 Å². The zero-order chi connectivity index (χ0) is 14.5. The summed E-state index contributed by atoms with van der Waals surface area (Å²) in [5.41, 5.74) is 0.538. The molecule has 3 heterocycles. The number of anilines is 2. The zero-order valence-electron chi connectivity index (χ0n) is 11.4. The predicted octanol–water partition coefficient (Wildman–Crippen LogP) is 0.960. The Morgan fingerprint density at radius 2 is 1.95 bits per heavy atom. The van der Waals surface area contributed by atoms with Gasteiger partial charge < -0.3 is 15.0 Å². The molecule has 3 rings (SSSR count). The Labute approximate surface area is 122 Å². The monoisotopic (exact) mass is 285 g/mol. The van der Waals surface area contributed by atoms with Crippen LogP contribution in [0.5, 0.6) is 0 Å². The average molecular weight is 285 g/mol. The Kier molecular flexibility index (Phi) is 4.02. The highest BCUT2D eigenvalue weighted by Gasteiger charge is 2.14. The highest BCUT2D eigenvalue weighted by Crippen LogP contribution is 2.16. The quantitative estimate of drug-likeness (QED) is 0.904. The van der Waals surface area contributed by atoms with Crippen LogP contribution in [-0.4, -0.2) is 47.2 Å². The van der Waals surface area contributed by atoms with Crippen LogP contribution in [0.15, 0.2) is 36.9 Å². The maximum absolute atomic E-state index is 12.1. The number of aromatic nitrogens is 3. The van der Waals surface area contributed by atoms with Gasteiger partial charge in [0.15, 0.2) is 0 Å². The van der Waals surface area contributed by atoms with Crippen LogP contribution in [0, 0.1) is 0 Å². The molecule has 1 saturated heterocycles. The van der Waals surface area contributed by atoms with Crippen molar-refractivity contribution in [3.8, 4) is 0 Å². The van der Waals surface area contributed by atoms with Crippen LogP contribution in [0.25, 0.3) is 0 Å². The molecular weight excluding hydrogens is 270 g/mol. The van der Waals surface area contributed by atoms with E-state index in [-0.39, 0.29) is 5.91 Å². The molecular formula is C14H15N5O2. The number of hydrogen-bond acceptors (Lipinski definition) is 6. The number of carbonyl (C=O) groups excluding carboxylic acids is 1. The Bertz CT molecular complexity index is 614. The van der Waals surface area contributed by atoms with Gasteiger partial charge in [0.2, 0.25) is 0 Å². The minimum atomic E-state index is -0.218. The normalized spacial score (nSPS) is 14.8. The largest absolute Gasteiger partial charge is 0.378 e. The van der Waals surface area contributed by atoms with E-state index >= 15 is 0 Å². The third kappa shape index (κ3) is 3.32. The fraction of sp³-hybridized carbons (Fsp3) is 0.286. The minimum absolute atomic E-state index is 0.218. The van der Waals surface area contributed by atoms with Crippen LogP contribution in [0.1, 0.15) is 10.4 Å². The van der Waals surface area contributed by atoms with Crippen molar-refractivity contribution < 1.29 is 9.53 Å². The van der Waals surface area contributed by atoms with E-state index in [1.807, 2.05) is 0 Å². The van der Waals surface area contributed by atoms with Gasteiger partial charge in [0.05, 0.1) is 13.2 Å². The summed E-state index contributed by atoms with van der Waals surface area (Å²) in [6, 6.07) is 5.07. The molecule has 0 unspecified atom stereocenters. The summed E-state index contributed by atoms with van der Waals surface area (Å²) in [4.78, 5) is 26.4. The van der Waals surface area contributed by atoms with E-state index in [1.54, 1.807) is 30.6 Å². The van der Waals surface area contributed by atoms with Gasteiger partial charge in [-0.05, 0) is 12.1 Å². The van der Waals surface area contributed by atoms with Gasteiger partial charge in [-0.3, -0.25) is 9.78 Å². The van der Waals surface area contributed by atoms with E-state index in [1.165, 1.54) is 6.33 Å². The summed E-state index contributed by atoms with van der Waals surface area (Å²) < 4.78 is 5.31. The van der Waals surface area contributed by atoms with Crippen LogP contribution in [0.3, 0.4) is 0 Å². The Morgan fingerprint density at radius 1 is 1.19 bits per heavy atom. The Morgan fingerprint density at radius 3 is 2.71 bits per heavy atom. The van der Waals surface area contributed by atoms with Gasteiger partial charge in [-0.1, -0.05) is 0 Å². The van der Waals surface area contributed by atoms with E-state index in [0.29, 0.717) is 24.6 Å². The zero-order valence-corrected chi connectivity index (χ0v) is 11.4. The van der Waals surface area contributed by atoms with Gasteiger partial charge in [0, 0.05) is 37.1 Å². The van der Waals surface area contributed by atoms with Crippen LogP contribution in [0.4, 0.5) is 11.6 Å². The highest BCUT2D eigenvalue weighted by atomic mass is 16.5. The number of pyridine rings is 1. The second-order valence-electron chi connectivity index (χ2n) is 4.55. The van der Waals surface area contributed by atoms with E-state index in [4.69, 9.17) is 4.74 Å². The number of carbonyl (C=O) groups is 1. The minimum Gasteiger partial charge on any atom is -0.378 e. The molecule has 7 heteroatoms. The fourth-order valence-corrected chi connectivity index (χ4v) is 2.07. The van der Waals surface area contributed by atoms with Gasteiger partial charge in [0.25, 0.3) is 5.91 Å². The first-order valence-electron chi connectivity index (χ1n) is 6.69. The predicted molar refractivity (Wildman–Crippen MR) is 77.3 cm³/mol. The summed E-state index contributed by atoms with van der Waals surface area (Å²) in [5.74, 6) is 1.05. The summed E-state index contributed by atoms with van der Waals surface area (Å²) in [5, 5.41) is 2.76. The molecule has 0 aliphatic carbocycles. The van der Waals surface area contributed by atoms with Crippen molar-refractivity contribution in [1.82, 2.24) is 15.0 Å². The molecule has 0 radical (unpaired) electrons. The van der Waals surface area contributed by atoms with E-state index < -0.39 is 0 Å². The Hall–Kier alpha value is -2.54. The molecule has 1 fully saturated rings. The van der Waals surface area contributed by atoms with Gasteiger partial charge in [-0.25, -0.2) is 9.97 Å². The second kappa shape index (κ2) is 6.27. The van der Waals surface area contributed by atoms with Crippen molar-refractivity contribution in [3.63, 3.8) is 0 Å². The molecule has 0 saturated carbocycles. The smallest absolute Gasteiger partial charge is 0.256 e.